The van der Waals surface area contributed by atoms with Crippen LogP contribution in [0.3, 0.4) is 0 Å². The predicted molar refractivity (Wildman–Crippen MR) is 160 cm³/mol. The first kappa shape index (κ1) is 30.7. The van der Waals surface area contributed by atoms with Gasteiger partial charge in [0.05, 0.1) is 23.8 Å². The molecule has 0 bridgehead atoms. The Labute approximate surface area is 246 Å². The van der Waals surface area contributed by atoms with Crippen molar-refractivity contribution in [2.75, 3.05) is 17.6 Å². The largest absolute Gasteiger partial charge is 0.392 e. The summed E-state index contributed by atoms with van der Waals surface area (Å²) in [6, 6.07) is 21.4. The van der Waals surface area contributed by atoms with Crippen LogP contribution in [0.5, 0.6) is 0 Å². The molecule has 1 aliphatic heterocycles. The zero-order valence-corrected chi connectivity index (χ0v) is 24.4. The molecule has 4 atom stereocenters. The van der Waals surface area contributed by atoms with Crippen LogP contribution >= 0.6 is 11.8 Å². The molecular formula is C32H39N3O5S. The number of amides is 2. The fourth-order valence-electron chi connectivity index (χ4n) is 4.71. The van der Waals surface area contributed by atoms with Crippen molar-refractivity contribution in [3.05, 3.63) is 89.6 Å². The van der Waals surface area contributed by atoms with E-state index in [0.29, 0.717) is 13.0 Å². The molecule has 1 aromatic heterocycles. The Morgan fingerprint density at radius 1 is 0.951 bits per heavy atom. The third-order valence-electron chi connectivity index (χ3n) is 7.08. The number of aliphatic hydroxyl groups is 1. The number of benzene rings is 2. The van der Waals surface area contributed by atoms with Crippen molar-refractivity contribution in [1.82, 2.24) is 10.3 Å². The molecule has 3 aromatic rings. The van der Waals surface area contributed by atoms with Gasteiger partial charge in [-0.1, -0.05) is 55.8 Å². The van der Waals surface area contributed by atoms with Crippen LogP contribution in [0.25, 0.3) is 0 Å². The average molecular weight is 578 g/mol. The van der Waals surface area contributed by atoms with Gasteiger partial charge in [-0.15, -0.1) is 11.8 Å². The van der Waals surface area contributed by atoms with Crippen molar-refractivity contribution in [3.8, 4) is 0 Å². The summed E-state index contributed by atoms with van der Waals surface area (Å²) in [5.41, 5.74) is 3.49. The van der Waals surface area contributed by atoms with Crippen LogP contribution in [-0.4, -0.2) is 40.3 Å². The Morgan fingerprint density at radius 3 is 2.39 bits per heavy atom. The van der Waals surface area contributed by atoms with Crippen LogP contribution in [0.4, 0.5) is 5.69 Å². The van der Waals surface area contributed by atoms with Gasteiger partial charge in [0.25, 0.3) is 0 Å². The lowest BCUT2D eigenvalue weighted by Gasteiger charge is -2.41. The molecule has 1 aliphatic rings. The number of hydrogen-bond acceptors (Lipinski definition) is 7. The number of aliphatic hydroxyl groups excluding tert-OH is 1. The summed E-state index contributed by atoms with van der Waals surface area (Å²) in [6.07, 6.45) is 3.87. The Kier molecular flexibility index (Phi) is 11.7. The highest BCUT2D eigenvalue weighted by Crippen LogP contribution is 2.43. The number of hydrogen-bond donors (Lipinski definition) is 3. The normalized spacial score (nSPS) is 20.4. The van der Waals surface area contributed by atoms with Crippen molar-refractivity contribution in [2.45, 2.75) is 69.7 Å². The summed E-state index contributed by atoms with van der Waals surface area (Å²) in [7, 11) is 0. The fraction of sp³-hybridized carbons (Fsp3) is 0.406. The van der Waals surface area contributed by atoms with E-state index in [4.69, 9.17) is 9.47 Å². The molecule has 2 amide bonds. The molecule has 0 spiro atoms. The summed E-state index contributed by atoms with van der Waals surface area (Å²) < 4.78 is 13.0. The van der Waals surface area contributed by atoms with Gasteiger partial charge in [0, 0.05) is 49.0 Å². The van der Waals surface area contributed by atoms with Crippen molar-refractivity contribution >= 4 is 29.3 Å². The number of unbranched alkanes of at least 4 members (excludes halogenated alkanes) is 2. The molecular weight excluding hydrogens is 538 g/mol. The number of rotatable bonds is 13. The lowest BCUT2D eigenvalue weighted by molar-refractivity contribution is -0.268. The SMILES string of the molecule is CC(=O)NCCCCCC(=O)Nc1ccc([C@H]2O[C@@H](CSc3ccccn3)[C@@H](C)[C@@H](c3ccc(CO)cc3)O2)cc1. The van der Waals surface area contributed by atoms with Gasteiger partial charge in [0.15, 0.2) is 6.29 Å². The molecule has 3 N–H and O–H groups in total. The molecule has 0 aliphatic carbocycles. The molecule has 0 unspecified atom stereocenters. The number of anilines is 1. The Bertz CT molecular complexity index is 1240. The van der Waals surface area contributed by atoms with E-state index in [-0.39, 0.29) is 36.5 Å². The average Bonchev–Trinajstić information content (AvgIpc) is 2.99. The summed E-state index contributed by atoms with van der Waals surface area (Å²) >= 11 is 1.66. The molecule has 218 valence electrons. The number of carbonyl (C=O) groups excluding carboxylic acids is 2. The number of nitrogens with one attached hydrogen (secondary N) is 2. The zero-order valence-electron chi connectivity index (χ0n) is 23.6. The molecule has 0 radical (unpaired) electrons. The Balaban J connectivity index is 1.39. The maximum Gasteiger partial charge on any atom is 0.224 e. The van der Waals surface area contributed by atoms with Gasteiger partial charge in [0.1, 0.15) is 0 Å². The van der Waals surface area contributed by atoms with E-state index < -0.39 is 6.29 Å². The molecule has 9 heteroatoms. The van der Waals surface area contributed by atoms with E-state index in [9.17, 15) is 14.7 Å². The van der Waals surface area contributed by atoms with E-state index in [1.165, 1.54) is 6.92 Å². The number of ether oxygens (including phenoxy) is 2. The van der Waals surface area contributed by atoms with Crippen molar-refractivity contribution in [3.63, 3.8) is 0 Å². The minimum atomic E-state index is -0.573. The molecule has 4 rings (SSSR count). The second-order valence-electron chi connectivity index (χ2n) is 10.3. The molecule has 1 fully saturated rings. The summed E-state index contributed by atoms with van der Waals surface area (Å²) in [5, 5.41) is 16.1. The molecule has 2 heterocycles. The fourth-order valence-corrected chi connectivity index (χ4v) is 5.74. The van der Waals surface area contributed by atoms with E-state index in [1.54, 1.807) is 18.0 Å². The van der Waals surface area contributed by atoms with Crippen LogP contribution in [0.15, 0.2) is 78.0 Å². The van der Waals surface area contributed by atoms with Gasteiger partial charge in [-0.3, -0.25) is 9.59 Å². The second-order valence-corrected chi connectivity index (χ2v) is 11.3. The first-order valence-corrected chi connectivity index (χ1v) is 15.1. The van der Waals surface area contributed by atoms with Gasteiger partial charge < -0.3 is 25.2 Å². The number of pyridine rings is 1. The molecule has 1 saturated heterocycles. The minimum Gasteiger partial charge on any atom is -0.392 e. The first-order chi connectivity index (χ1) is 19.9. The van der Waals surface area contributed by atoms with Gasteiger partial charge in [-0.25, -0.2) is 4.98 Å². The van der Waals surface area contributed by atoms with E-state index in [2.05, 4.69) is 22.5 Å². The molecule has 2 aromatic carbocycles. The molecule has 0 saturated carbocycles. The minimum absolute atomic E-state index is 0.00206. The highest BCUT2D eigenvalue weighted by molar-refractivity contribution is 7.99. The van der Waals surface area contributed by atoms with E-state index in [0.717, 1.165) is 52.4 Å². The summed E-state index contributed by atoms with van der Waals surface area (Å²) in [6.45, 7) is 4.28. The monoisotopic (exact) mass is 577 g/mol. The van der Waals surface area contributed by atoms with Gasteiger partial charge in [-0.05, 0) is 48.2 Å². The van der Waals surface area contributed by atoms with Crippen LogP contribution in [0, 0.1) is 5.92 Å². The standard InChI is InChI=1S/C32H39N3O5S/c1-22-28(21-41-30-9-5-7-19-34-30)39-32(40-31(22)25-12-10-24(20-36)11-13-25)26-14-16-27(17-15-26)35-29(38)8-4-3-6-18-33-23(2)37/h5,7,9-17,19,22,28,31-32,36H,3-4,6,8,18,20-21H2,1-2H3,(H,33,37)(H,35,38)/t22-,28+,31+,32+/m1/s1. The number of aromatic nitrogens is 1. The summed E-state index contributed by atoms with van der Waals surface area (Å²) in [5.74, 6) is 0.742. The number of nitrogens with zero attached hydrogens (tertiary/aromatic N) is 1. The van der Waals surface area contributed by atoms with Gasteiger partial charge in [0.2, 0.25) is 11.8 Å². The maximum absolute atomic E-state index is 12.4. The number of thioether (sulfide) groups is 1. The topological polar surface area (TPSA) is 110 Å². The predicted octanol–water partition coefficient (Wildman–Crippen LogP) is 5.79. The van der Waals surface area contributed by atoms with Crippen molar-refractivity contribution in [1.29, 1.82) is 0 Å². The quantitative estimate of drug-likeness (QED) is 0.174. The Morgan fingerprint density at radius 2 is 1.71 bits per heavy atom. The highest BCUT2D eigenvalue weighted by atomic mass is 32.2. The molecule has 41 heavy (non-hydrogen) atoms. The van der Waals surface area contributed by atoms with Crippen LogP contribution < -0.4 is 10.6 Å². The van der Waals surface area contributed by atoms with E-state index >= 15 is 0 Å². The van der Waals surface area contributed by atoms with Crippen molar-refractivity contribution < 1.29 is 24.2 Å². The third-order valence-corrected chi connectivity index (χ3v) is 8.11. The zero-order chi connectivity index (χ0) is 29.0. The lowest BCUT2D eigenvalue weighted by Crippen LogP contribution is -2.38. The third kappa shape index (κ3) is 9.39. The second kappa shape index (κ2) is 15.7. The number of carbonyl (C=O) groups is 2. The first-order valence-electron chi connectivity index (χ1n) is 14.1. The Hall–Kier alpha value is -3.24. The summed E-state index contributed by atoms with van der Waals surface area (Å²) in [4.78, 5) is 27.8. The smallest absolute Gasteiger partial charge is 0.224 e. The van der Waals surface area contributed by atoms with E-state index in [1.807, 2.05) is 66.7 Å². The van der Waals surface area contributed by atoms with Crippen molar-refractivity contribution in [2.24, 2.45) is 5.92 Å². The van der Waals surface area contributed by atoms with Crippen LogP contribution in [0.1, 0.15) is 68.6 Å². The maximum atomic E-state index is 12.4. The molecule has 8 nitrogen and oxygen atoms in total. The van der Waals surface area contributed by atoms with Crippen LogP contribution in [0.2, 0.25) is 0 Å². The highest BCUT2D eigenvalue weighted by Gasteiger charge is 2.38. The van der Waals surface area contributed by atoms with Crippen LogP contribution in [-0.2, 0) is 25.7 Å². The van der Waals surface area contributed by atoms with Gasteiger partial charge in [-0.2, -0.15) is 0 Å². The lowest BCUT2D eigenvalue weighted by atomic mass is 9.91. The van der Waals surface area contributed by atoms with Gasteiger partial charge >= 0.3 is 0 Å².